The first kappa shape index (κ1) is 12.4. The second-order valence-electron chi connectivity index (χ2n) is 4.01. The first-order valence-electron chi connectivity index (χ1n) is 5.90. The minimum absolute atomic E-state index is 0.0238. The molecular formula is C12H14N2O4. The zero-order chi connectivity index (χ0) is 13.1. The van der Waals surface area contributed by atoms with Gasteiger partial charge in [-0.1, -0.05) is 0 Å². The topological polar surface area (TPSA) is 81.4 Å². The molecule has 18 heavy (non-hydrogen) atoms. The number of aryl methyl sites for hydroxylation is 1. The normalized spacial score (nSPS) is 15.6. The summed E-state index contributed by atoms with van der Waals surface area (Å²) in [5.74, 6) is 1.72. The lowest BCUT2D eigenvalue weighted by atomic mass is 10.1. The number of ether oxygens (including phenoxy) is 1. The summed E-state index contributed by atoms with van der Waals surface area (Å²) in [6.45, 7) is 2.47. The van der Waals surface area contributed by atoms with Crippen LogP contribution in [0.15, 0.2) is 4.79 Å². The van der Waals surface area contributed by atoms with Crippen LogP contribution in [0.1, 0.15) is 25.6 Å². The quantitative estimate of drug-likeness (QED) is 0.708. The molecule has 0 atom stereocenters. The molecule has 0 saturated carbocycles. The van der Waals surface area contributed by atoms with Crippen molar-refractivity contribution >= 4 is 11.9 Å². The maximum atomic E-state index is 11.8. The number of aliphatic hydroxyl groups is 1. The van der Waals surface area contributed by atoms with Gasteiger partial charge in [0.05, 0.1) is 6.61 Å². The van der Waals surface area contributed by atoms with Gasteiger partial charge in [0, 0.05) is 13.0 Å². The summed E-state index contributed by atoms with van der Waals surface area (Å²) in [7, 11) is 0. The van der Waals surface area contributed by atoms with Crippen LogP contribution < -0.4 is 16.1 Å². The lowest BCUT2D eigenvalue weighted by Crippen LogP contribution is -2.51. The molecule has 0 fully saturated rings. The molecule has 0 radical (unpaired) electrons. The summed E-state index contributed by atoms with van der Waals surface area (Å²) in [5.41, 5.74) is -0.646. The summed E-state index contributed by atoms with van der Waals surface area (Å²) in [5, 5.41) is 9.50. The summed E-state index contributed by atoms with van der Waals surface area (Å²) in [6.07, 6.45) is 2.49. The van der Waals surface area contributed by atoms with E-state index in [0.29, 0.717) is 18.8 Å². The van der Waals surface area contributed by atoms with E-state index in [1.807, 2.05) is 0 Å². The van der Waals surface area contributed by atoms with E-state index < -0.39 is 11.5 Å². The second kappa shape index (κ2) is 5.06. The Morgan fingerprint density at radius 1 is 1.56 bits per heavy atom. The highest BCUT2D eigenvalue weighted by Gasteiger charge is 2.15. The maximum Gasteiger partial charge on any atom is 0.293 e. The van der Waals surface area contributed by atoms with Crippen LogP contribution in [0.3, 0.4) is 0 Å². The van der Waals surface area contributed by atoms with Gasteiger partial charge in [-0.15, -0.1) is 0 Å². The van der Waals surface area contributed by atoms with E-state index in [4.69, 9.17) is 4.74 Å². The number of nitrogens with zero attached hydrogens (tertiary/aromatic N) is 2. The van der Waals surface area contributed by atoms with E-state index in [0.717, 1.165) is 12.8 Å². The fraction of sp³-hybridized carbons (Fsp3) is 0.500. The van der Waals surface area contributed by atoms with Gasteiger partial charge < -0.3 is 14.4 Å². The van der Waals surface area contributed by atoms with Crippen LogP contribution in [0.4, 0.5) is 0 Å². The number of fused-ring (bicyclic) bond motifs is 1. The monoisotopic (exact) mass is 250 g/mol. The number of hydrogen-bond acceptors (Lipinski definition) is 5. The Bertz CT molecular complexity index is 656. The minimum Gasteiger partial charge on any atom is -0.480 e. The lowest BCUT2D eigenvalue weighted by molar-refractivity contribution is 0.189. The highest BCUT2D eigenvalue weighted by molar-refractivity contribution is 5.46. The van der Waals surface area contributed by atoms with Gasteiger partial charge in [-0.05, 0) is 19.8 Å². The fourth-order valence-electron chi connectivity index (χ4n) is 2.09. The molecule has 2 rings (SSSR count). The molecule has 1 aliphatic rings. The van der Waals surface area contributed by atoms with Crippen molar-refractivity contribution in [3.8, 4) is 0 Å². The third-order valence-corrected chi connectivity index (χ3v) is 2.89. The van der Waals surface area contributed by atoms with Gasteiger partial charge in [-0.25, -0.2) is 4.79 Å². The Morgan fingerprint density at radius 3 is 3.00 bits per heavy atom. The van der Waals surface area contributed by atoms with Crippen molar-refractivity contribution in [1.29, 1.82) is 0 Å². The van der Waals surface area contributed by atoms with Gasteiger partial charge >= 0.3 is 0 Å². The van der Waals surface area contributed by atoms with Gasteiger partial charge in [0.2, 0.25) is 0 Å². The van der Waals surface area contributed by atoms with E-state index in [2.05, 4.69) is 4.98 Å². The van der Waals surface area contributed by atoms with E-state index in [1.54, 1.807) is 17.4 Å². The Hall–Kier alpha value is -2.07. The maximum absolute atomic E-state index is 11.8. The summed E-state index contributed by atoms with van der Waals surface area (Å²) in [6, 6.07) is 0. The Balaban J connectivity index is 2.88. The van der Waals surface area contributed by atoms with Crippen LogP contribution >= 0.6 is 0 Å². The molecule has 1 aliphatic heterocycles. The molecular weight excluding hydrogens is 236 g/mol. The van der Waals surface area contributed by atoms with Crippen LogP contribution in [0, 0.1) is 0 Å². The zero-order valence-corrected chi connectivity index (χ0v) is 10.1. The van der Waals surface area contributed by atoms with Crippen LogP contribution in [0.2, 0.25) is 0 Å². The number of aliphatic hydroxyl groups excluding tert-OH is 1. The van der Waals surface area contributed by atoms with Crippen molar-refractivity contribution in [1.82, 2.24) is 9.55 Å². The van der Waals surface area contributed by atoms with Crippen LogP contribution in [-0.4, -0.2) is 27.2 Å². The number of carbonyl (C=O) groups excluding carboxylic acids is 1. The first-order chi connectivity index (χ1) is 8.69. The molecule has 1 aromatic heterocycles. The second-order valence-corrected chi connectivity index (χ2v) is 4.01. The average molecular weight is 250 g/mol. The van der Waals surface area contributed by atoms with Crippen molar-refractivity contribution in [3.63, 3.8) is 0 Å². The predicted octanol–water partition coefficient (Wildman–Crippen LogP) is -1.26. The smallest absolute Gasteiger partial charge is 0.293 e. The number of hydrogen-bond donors (Lipinski definition) is 1. The highest BCUT2D eigenvalue weighted by atomic mass is 16.6. The molecule has 1 N–H and O–H groups in total. The Morgan fingerprint density at radius 2 is 2.33 bits per heavy atom. The summed E-state index contributed by atoms with van der Waals surface area (Å²) >= 11 is 0. The number of aromatic nitrogens is 2. The van der Waals surface area contributed by atoms with Gasteiger partial charge in [0.25, 0.3) is 11.5 Å². The van der Waals surface area contributed by atoms with Gasteiger partial charge in [0.15, 0.2) is 11.2 Å². The zero-order valence-electron chi connectivity index (χ0n) is 10.1. The molecule has 6 nitrogen and oxygen atoms in total. The summed E-state index contributed by atoms with van der Waals surface area (Å²) < 4.78 is 6.51. The molecule has 0 saturated heterocycles. The molecule has 0 spiro atoms. The molecule has 0 aromatic carbocycles. The third-order valence-electron chi connectivity index (χ3n) is 2.89. The molecule has 0 unspecified atom stereocenters. The lowest BCUT2D eigenvalue weighted by Gasteiger charge is -2.17. The van der Waals surface area contributed by atoms with Crippen LogP contribution in [0.5, 0.6) is 0 Å². The summed E-state index contributed by atoms with van der Waals surface area (Å²) in [4.78, 5) is 26.8. The van der Waals surface area contributed by atoms with Gasteiger partial charge in [0.1, 0.15) is 11.2 Å². The Labute approximate surface area is 103 Å². The average Bonchev–Trinajstić information content (AvgIpc) is 2.37. The third kappa shape index (κ3) is 2.02. The van der Waals surface area contributed by atoms with E-state index >= 15 is 0 Å². The SMILES string of the molecule is CCOC(O)=c1c(=O)nc2n(c1=C=O)CCCC2. The number of rotatable bonds is 2. The van der Waals surface area contributed by atoms with Crippen molar-refractivity contribution < 1.29 is 14.6 Å². The van der Waals surface area contributed by atoms with E-state index in [-0.39, 0.29) is 17.2 Å². The molecule has 6 heteroatoms. The van der Waals surface area contributed by atoms with E-state index in [1.165, 1.54) is 0 Å². The largest absolute Gasteiger partial charge is 0.480 e. The standard InChI is InChI=1S/C12H14N2O4/c1-2-18-12(17)10-8(7-15)14-6-4-3-5-9(14)13-11(10)16/h17H,2-6H2,1H3. The molecule has 0 bridgehead atoms. The highest BCUT2D eigenvalue weighted by Crippen LogP contribution is 2.06. The molecule has 1 aromatic rings. The van der Waals surface area contributed by atoms with Gasteiger partial charge in [-0.3, -0.25) is 4.79 Å². The molecule has 0 aliphatic carbocycles. The van der Waals surface area contributed by atoms with Crippen LogP contribution in [0.25, 0.3) is 5.95 Å². The predicted molar refractivity (Wildman–Crippen MR) is 63.1 cm³/mol. The fourth-order valence-corrected chi connectivity index (χ4v) is 2.09. The Kier molecular flexibility index (Phi) is 3.48. The van der Waals surface area contributed by atoms with Crippen molar-refractivity contribution in [3.05, 3.63) is 26.7 Å². The van der Waals surface area contributed by atoms with Crippen molar-refractivity contribution in [2.24, 2.45) is 0 Å². The van der Waals surface area contributed by atoms with Crippen molar-refractivity contribution in [2.75, 3.05) is 6.61 Å². The molecule has 0 amide bonds. The minimum atomic E-state index is -0.646. The van der Waals surface area contributed by atoms with Gasteiger partial charge in [-0.2, -0.15) is 4.98 Å². The first-order valence-corrected chi connectivity index (χ1v) is 5.90. The molecule has 2 heterocycles. The van der Waals surface area contributed by atoms with E-state index in [9.17, 15) is 14.7 Å². The molecule has 96 valence electrons. The van der Waals surface area contributed by atoms with Crippen molar-refractivity contribution in [2.45, 2.75) is 32.7 Å². The van der Waals surface area contributed by atoms with Crippen LogP contribution in [-0.2, 0) is 22.5 Å².